The number of nitrogens with zero attached hydrogens (tertiary/aromatic N) is 1. The molecule has 1 radical (unpaired) electrons. The van der Waals surface area contributed by atoms with E-state index in [-0.39, 0.29) is 50.9 Å². The van der Waals surface area contributed by atoms with E-state index < -0.39 is 0 Å². The number of hydrogen-bond acceptors (Lipinski definition) is 3. The summed E-state index contributed by atoms with van der Waals surface area (Å²) in [5, 5.41) is 11.1. The number of hydrogen-bond donors (Lipinski definition) is 1. The second kappa shape index (κ2) is 16.0. The van der Waals surface area contributed by atoms with Crippen LogP contribution >= 0.6 is 0 Å². The number of pyridine rings is 1. The van der Waals surface area contributed by atoms with Gasteiger partial charge in [-0.05, 0) is 67.8 Å². The van der Waals surface area contributed by atoms with Crippen molar-refractivity contribution in [2.24, 2.45) is 11.8 Å². The molecule has 4 heteroatoms. The van der Waals surface area contributed by atoms with Crippen molar-refractivity contribution in [2.45, 2.75) is 93.9 Å². The fourth-order valence-corrected chi connectivity index (χ4v) is 5.28. The van der Waals surface area contributed by atoms with Gasteiger partial charge in [0.2, 0.25) is 0 Å². The van der Waals surface area contributed by atoms with E-state index in [1.807, 2.05) is 27.7 Å². The zero-order chi connectivity index (χ0) is 26.2. The van der Waals surface area contributed by atoms with Crippen LogP contribution < -0.4 is 0 Å². The maximum atomic E-state index is 11.7. The van der Waals surface area contributed by atoms with Crippen LogP contribution in [-0.4, -0.2) is 15.9 Å². The number of allylic oxidation sites excluding steroid dienone is 2. The Labute approximate surface area is 244 Å². The number of rotatable bonds is 8. The molecule has 3 aromatic rings. The van der Waals surface area contributed by atoms with E-state index in [1.54, 1.807) is 0 Å². The van der Waals surface area contributed by atoms with Gasteiger partial charge in [0.1, 0.15) is 0 Å². The third-order valence-corrected chi connectivity index (χ3v) is 7.40. The van der Waals surface area contributed by atoms with Crippen LogP contribution in [-0.2, 0) is 37.7 Å². The van der Waals surface area contributed by atoms with Crippen molar-refractivity contribution in [3.8, 4) is 11.3 Å². The number of ketones is 1. The first-order valence-corrected chi connectivity index (χ1v) is 13.7. The van der Waals surface area contributed by atoms with E-state index in [0.29, 0.717) is 0 Å². The smallest absolute Gasteiger partial charge is 0.162 e. The zero-order valence-corrected chi connectivity index (χ0v) is 25.7. The summed E-state index contributed by atoms with van der Waals surface area (Å²) in [6.45, 7) is 12.3. The first kappa shape index (κ1) is 33.7. The van der Waals surface area contributed by atoms with E-state index >= 15 is 0 Å². The molecule has 0 fully saturated rings. The molecular weight excluding hydrogens is 647 g/mol. The number of aromatic nitrogens is 1. The van der Waals surface area contributed by atoms with E-state index in [4.69, 9.17) is 4.98 Å². The molecule has 1 heterocycles. The van der Waals surface area contributed by atoms with Gasteiger partial charge in [-0.3, -0.25) is 9.78 Å². The summed E-state index contributed by atoms with van der Waals surface area (Å²) < 4.78 is 0. The van der Waals surface area contributed by atoms with E-state index in [9.17, 15) is 9.90 Å². The van der Waals surface area contributed by atoms with Crippen LogP contribution in [0.1, 0.15) is 89.5 Å². The summed E-state index contributed by atoms with van der Waals surface area (Å²) in [6, 6.07) is 16.6. The van der Waals surface area contributed by atoms with Crippen LogP contribution in [0.25, 0.3) is 22.2 Å². The Morgan fingerprint density at radius 1 is 0.974 bits per heavy atom. The van der Waals surface area contributed by atoms with Crippen molar-refractivity contribution in [2.75, 3.05) is 0 Å². The average Bonchev–Trinajstić information content (AvgIpc) is 2.85. The predicted octanol–water partition coefficient (Wildman–Crippen LogP) is 9.31. The Morgan fingerprint density at radius 2 is 1.61 bits per heavy atom. The summed E-state index contributed by atoms with van der Waals surface area (Å²) in [7, 11) is 0. The van der Waals surface area contributed by atoms with E-state index in [0.717, 1.165) is 48.9 Å². The number of aliphatic hydroxyl groups excluding tert-OH is 1. The minimum atomic E-state index is 0. The predicted molar refractivity (Wildman–Crippen MR) is 158 cm³/mol. The molecule has 1 aromatic heterocycles. The van der Waals surface area contributed by atoms with Crippen molar-refractivity contribution >= 4 is 16.7 Å². The summed E-state index contributed by atoms with van der Waals surface area (Å²) in [6.07, 6.45) is 8.49. The van der Waals surface area contributed by atoms with Gasteiger partial charge in [-0.25, -0.2) is 0 Å². The number of aryl methyl sites for hydroxylation is 4. The molecule has 0 saturated heterocycles. The van der Waals surface area contributed by atoms with E-state index in [2.05, 4.69) is 56.3 Å². The van der Waals surface area contributed by atoms with Gasteiger partial charge < -0.3 is 5.11 Å². The summed E-state index contributed by atoms with van der Waals surface area (Å²) in [5.41, 5.74) is 8.65. The van der Waals surface area contributed by atoms with Crippen LogP contribution in [0.3, 0.4) is 0 Å². The Kier molecular flexibility index (Phi) is 14.2. The molecule has 0 saturated carbocycles. The number of aliphatic hydroxyl groups is 1. The van der Waals surface area contributed by atoms with Crippen molar-refractivity contribution < 1.29 is 30.0 Å². The molecular formula is C34H46IrNO2-. The molecule has 0 aliphatic heterocycles. The molecule has 209 valence electrons. The quantitative estimate of drug-likeness (QED) is 0.146. The van der Waals surface area contributed by atoms with E-state index in [1.165, 1.54) is 46.6 Å². The molecule has 0 unspecified atom stereocenters. The fourth-order valence-electron chi connectivity index (χ4n) is 5.28. The standard InChI is InChI=1S/C20H18N.C13H24O2.CH4.Ir/c1-13-9-14(2)11-17(10-13)19-12-16-7-3-5-15-6-4-8-18(21-19)20(15)16;1-5-10(6-2)12(14)9-13(15)11(7-3)8-4;;/h4,6,8-10,12H,3,5,7H2,1-2H3;9-11,14H,5-8H2,1-4H3;1H4;/q-1;;;. The first-order chi connectivity index (χ1) is 17.3. The molecule has 0 amide bonds. The van der Waals surface area contributed by atoms with Crippen LogP contribution in [0.2, 0.25) is 0 Å². The normalized spacial score (nSPS) is 12.5. The first-order valence-electron chi connectivity index (χ1n) is 13.7. The second-order valence-electron chi connectivity index (χ2n) is 10.1. The van der Waals surface area contributed by atoms with Crippen molar-refractivity contribution in [3.05, 3.63) is 76.6 Å². The van der Waals surface area contributed by atoms with Crippen LogP contribution in [0, 0.1) is 31.7 Å². The van der Waals surface area contributed by atoms with Crippen LogP contribution in [0.4, 0.5) is 0 Å². The Hall–Kier alpha value is -2.29. The van der Waals surface area contributed by atoms with Gasteiger partial charge in [0.15, 0.2) is 5.78 Å². The minimum absolute atomic E-state index is 0. The van der Waals surface area contributed by atoms with Gasteiger partial charge in [-0.15, -0.1) is 34.9 Å². The molecule has 38 heavy (non-hydrogen) atoms. The Morgan fingerprint density at radius 3 is 2.21 bits per heavy atom. The van der Waals surface area contributed by atoms with Crippen LogP contribution in [0.15, 0.2) is 48.2 Å². The van der Waals surface area contributed by atoms with Gasteiger partial charge in [0, 0.05) is 43.4 Å². The SMILES string of the molecule is C.CCC(CC)C(=O)C=C(O)C(CC)CC.Cc1[c-]c(-c2cc3c4c(cccc4n2)CCC3)cc(C)c1.[Ir]. The van der Waals surface area contributed by atoms with Gasteiger partial charge in [-0.1, -0.05) is 67.2 Å². The molecule has 1 aliphatic carbocycles. The summed E-state index contributed by atoms with van der Waals surface area (Å²) in [5.74, 6) is 0.547. The minimum Gasteiger partial charge on any atom is -0.512 e. The van der Waals surface area contributed by atoms with Crippen molar-refractivity contribution in [3.63, 3.8) is 0 Å². The fraction of sp³-hybridized carbons (Fsp3) is 0.471. The Balaban J connectivity index is 0.000000384. The summed E-state index contributed by atoms with van der Waals surface area (Å²) in [4.78, 5) is 16.6. The molecule has 4 rings (SSSR count). The second-order valence-corrected chi connectivity index (χ2v) is 10.1. The molecule has 0 bridgehead atoms. The summed E-state index contributed by atoms with van der Waals surface area (Å²) >= 11 is 0. The van der Waals surface area contributed by atoms with Crippen LogP contribution in [0.5, 0.6) is 0 Å². The maximum Gasteiger partial charge on any atom is 0.162 e. The molecule has 1 N–H and O–H groups in total. The number of carbonyl (C=O) groups excluding carboxylic acids is 1. The van der Waals surface area contributed by atoms with Crippen molar-refractivity contribution in [1.82, 2.24) is 4.98 Å². The molecule has 0 spiro atoms. The topological polar surface area (TPSA) is 50.2 Å². The number of carbonyl (C=O) groups is 1. The monoisotopic (exact) mass is 693 g/mol. The third-order valence-electron chi connectivity index (χ3n) is 7.40. The Bertz CT molecular complexity index is 1200. The molecule has 2 aromatic carbocycles. The molecule has 0 atom stereocenters. The van der Waals surface area contributed by atoms with Gasteiger partial charge >= 0.3 is 0 Å². The van der Waals surface area contributed by atoms with Crippen molar-refractivity contribution in [1.29, 1.82) is 0 Å². The van der Waals surface area contributed by atoms with Gasteiger partial charge in [0.05, 0.1) is 11.3 Å². The molecule has 3 nitrogen and oxygen atoms in total. The maximum absolute atomic E-state index is 11.7. The number of benzene rings is 2. The third kappa shape index (κ3) is 8.35. The van der Waals surface area contributed by atoms with Gasteiger partial charge in [0.25, 0.3) is 0 Å². The zero-order valence-electron chi connectivity index (χ0n) is 23.3. The average molecular weight is 693 g/mol. The molecule has 1 aliphatic rings. The van der Waals surface area contributed by atoms with Gasteiger partial charge in [-0.2, -0.15) is 0 Å². The largest absolute Gasteiger partial charge is 0.512 e.